The number of pyridine rings is 1. The predicted octanol–water partition coefficient (Wildman–Crippen LogP) is 1.62. The van der Waals surface area contributed by atoms with Crippen molar-refractivity contribution in [1.29, 1.82) is 0 Å². The van der Waals surface area contributed by atoms with Crippen LogP contribution in [0.25, 0.3) is 27.7 Å². The van der Waals surface area contributed by atoms with Crippen LogP contribution in [0.15, 0.2) is 47.3 Å². The molecule has 0 bridgehead atoms. The lowest BCUT2D eigenvalue weighted by atomic mass is 9.99. The number of nitrogen functional groups attached to an aromatic ring is 1. The number of phenols is 1. The first kappa shape index (κ1) is 14.3. The SMILES string of the molecule is Nc1ccccc1-c1cc2c(cc1O)c(CO)cc1n[nH]c(=O)n12. The lowest BCUT2D eigenvalue weighted by molar-refractivity contribution is 0.283. The van der Waals surface area contributed by atoms with Gasteiger partial charge in [-0.25, -0.2) is 14.3 Å². The van der Waals surface area contributed by atoms with Crippen LogP contribution >= 0.6 is 0 Å². The summed E-state index contributed by atoms with van der Waals surface area (Å²) in [5.41, 5.74) is 8.80. The van der Waals surface area contributed by atoms with E-state index in [1.54, 1.807) is 30.3 Å². The highest BCUT2D eigenvalue weighted by atomic mass is 16.3. The average molecular weight is 322 g/mol. The Morgan fingerprint density at radius 1 is 1.17 bits per heavy atom. The fraction of sp³-hybridized carbons (Fsp3) is 0.0588. The second-order valence-electron chi connectivity index (χ2n) is 5.52. The Morgan fingerprint density at radius 2 is 1.96 bits per heavy atom. The molecule has 4 aromatic rings. The molecule has 2 heterocycles. The molecule has 0 aliphatic carbocycles. The van der Waals surface area contributed by atoms with E-state index in [0.29, 0.717) is 38.9 Å². The first-order chi connectivity index (χ1) is 11.6. The number of fused-ring (bicyclic) bond motifs is 3. The zero-order chi connectivity index (χ0) is 16.8. The number of hydrogen-bond acceptors (Lipinski definition) is 5. The number of aliphatic hydroxyl groups is 1. The average Bonchev–Trinajstić information content (AvgIpc) is 2.95. The summed E-state index contributed by atoms with van der Waals surface area (Å²) in [6.45, 7) is -0.236. The van der Waals surface area contributed by atoms with Crippen LogP contribution in [-0.4, -0.2) is 24.8 Å². The van der Waals surface area contributed by atoms with E-state index in [1.807, 2.05) is 6.07 Å². The Hall–Kier alpha value is -3.32. The van der Waals surface area contributed by atoms with Gasteiger partial charge in [0.15, 0.2) is 5.65 Å². The number of phenolic OH excluding ortho intramolecular Hbond substituents is 1. The number of nitrogens with one attached hydrogen (secondary N) is 1. The first-order valence-corrected chi connectivity index (χ1v) is 7.31. The van der Waals surface area contributed by atoms with E-state index in [-0.39, 0.29) is 12.4 Å². The van der Waals surface area contributed by atoms with Gasteiger partial charge in [0, 0.05) is 22.2 Å². The molecule has 0 fully saturated rings. The van der Waals surface area contributed by atoms with Gasteiger partial charge < -0.3 is 15.9 Å². The number of anilines is 1. The van der Waals surface area contributed by atoms with Crippen LogP contribution in [-0.2, 0) is 6.61 Å². The summed E-state index contributed by atoms with van der Waals surface area (Å²) in [5, 5.41) is 27.0. The van der Waals surface area contributed by atoms with Crippen molar-refractivity contribution >= 4 is 22.2 Å². The number of nitrogens with two attached hydrogens (primary N) is 1. The highest BCUT2D eigenvalue weighted by Gasteiger charge is 2.15. The minimum atomic E-state index is -0.392. The predicted molar refractivity (Wildman–Crippen MR) is 90.8 cm³/mol. The quantitative estimate of drug-likeness (QED) is 0.418. The zero-order valence-corrected chi connectivity index (χ0v) is 12.5. The van der Waals surface area contributed by atoms with E-state index in [4.69, 9.17) is 5.73 Å². The van der Waals surface area contributed by atoms with Gasteiger partial charge in [-0.3, -0.25) is 0 Å². The molecule has 5 N–H and O–H groups in total. The van der Waals surface area contributed by atoms with Gasteiger partial charge in [0.05, 0.1) is 12.1 Å². The Morgan fingerprint density at radius 3 is 2.71 bits per heavy atom. The number of aromatic nitrogens is 3. The molecule has 0 saturated heterocycles. The van der Waals surface area contributed by atoms with Crippen LogP contribution in [0, 0.1) is 0 Å². The molecule has 0 radical (unpaired) electrons. The summed E-state index contributed by atoms with van der Waals surface area (Å²) in [6.07, 6.45) is 0. The second kappa shape index (κ2) is 5.10. The van der Waals surface area contributed by atoms with Crippen molar-refractivity contribution in [3.05, 3.63) is 58.5 Å². The molecule has 0 unspecified atom stereocenters. The third-order valence-corrected chi connectivity index (χ3v) is 4.12. The molecule has 24 heavy (non-hydrogen) atoms. The Bertz CT molecular complexity index is 1140. The zero-order valence-electron chi connectivity index (χ0n) is 12.5. The summed E-state index contributed by atoms with van der Waals surface area (Å²) in [7, 11) is 0. The van der Waals surface area contributed by atoms with Crippen LogP contribution in [0.3, 0.4) is 0 Å². The maximum atomic E-state index is 12.1. The monoisotopic (exact) mass is 322 g/mol. The fourth-order valence-electron chi connectivity index (χ4n) is 2.98. The third-order valence-electron chi connectivity index (χ3n) is 4.12. The number of rotatable bonds is 2. The molecule has 7 nitrogen and oxygen atoms in total. The van der Waals surface area contributed by atoms with Gasteiger partial charge >= 0.3 is 5.69 Å². The number of aromatic amines is 1. The highest BCUT2D eigenvalue weighted by Crippen LogP contribution is 2.37. The normalized spacial score (nSPS) is 11.4. The van der Waals surface area contributed by atoms with Crippen LogP contribution in [0.5, 0.6) is 5.75 Å². The molecule has 120 valence electrons. The smallest absolute Gasteiger partial charge is 0.348 e. The van der Waals surface area contributed by atoms with Crippen molar-refractivity contribution in [1.82, 2.24) is 14.6 Å². The molecule has 0 aliphatic heterocycles. The van der Waals surface area contributed by atoms with E-state index in [9.17, 15) is 15.0 Å². The third kappa shape index (κ3) is 1.95. The molecule has 0 saturated carbocycles. The van der Waals surface area contributed by atoms with Gasteiger partial charge in [-0.2, -0.15) is 5.10 Å². The van der Waals surface area contributed by atoms with Gasteiger partial charge in [0.25, 0.3) is 0 Å². The van der Waals surface area contributed by atoms with Crippen LogP contribution in [0.1, 0.15) is 5.56 Å². The minimum absolute atomic E-state index is 0.0194. The topological polar surface area (TPSA) is 117 Å². The maximum absolute atomic E-state index is 12.1. The Labute approximate surface area is 135 Å². The molecular weight excluding hydrogens is 308 g/mol. The van der Waals surface area contributed by atoms with Gasteiger partial charge in [-0.15, -0.1) is 0 Å². The number of benzene rings is 2. The number of H-pyrrole nitrogens is 1. The van der Waals surface area contributed by atoms with E-state index in [2.05, 4.69) is 10.2 Å². The van der Waals surface area contributed by atoms with Crippen LogP contribution in [0.4, 0.5) is 5.69 Å². The molecule has 0 aliphatic rings. The van der Waals surface area contributed by atoms with E-state index < -0.39 is 5.69 Å². The Kier molecular flexibility index (Phi) is 3.04. The number of aliphatic hydroxyl groups excluding tert-OH is 1. The molecule has 4 rings (SSSR count). The standard InChI is InChI=1S/C17H14N4O3/c18-13-4-2-1-3-10(13)12-6-14-11(7-15(12)23)9(8-22)5-16-19-20-17(24)21(14)16/h1-7,22-23H,8,18H2,(H,20,24). The maximum Gasteiger partial charge on any atom is 0.348 e. The van der Waals surface area contributed by atoms with Gasteiger partial charge in [-0.1, -0.05) is 18.2 Å². The molecule has 2 aromatic carbocycles. The summed E-state index contributed by atoms with van der Waals surface area (Å²) in [6, 6.07) is 12.0. The summed E-state index contributed by atoms with van der Waals surface area (Å²) >= 11 is 0. The lowest BCUT2D eigenvalue weighted by Gasteiger charge is -2.12. The van der Waals surface area contributed by atoms with E-state index in [0.717, 1.165) is 0 Å². The van der Waals surface area contributed by atoms with Crippen molar-refractivity contribution in [2.75, 3.05) is 5.73 Å². The van der Waals surface area contributed by atoms with Crippen molar-refractivity contribution in [2.45, 2.75) is 6.61 Å². The van der Waals surface area contributed by atoms with Crippen molar-refractivity contribution < 1.29 is 10.2 Å². The van der Waals surface area contributed by atoms with E-state index >= 15 is 0 Å². The summed E-state index contributed by atoms with van der Waals surface area (Å²) in [4.78, 5) is 12.1. The largest absolute Gasteiger partial charge is 0.507 e. The van der Waals surface area contributed by atoms with Gasteiger partial charge in [0.1, 0.15) is 5.75 Å². The molecule has 2 aromatic heterocycles. The molecule has 7 heteroatoms. The Balaban J connectivity index is 2.17. The van der Waals surface area contributed by atoms with E-state index in [1.165, 1.54) is 10.5 Å². The van der Waals surface area contributed by atoms with Crippen molar-refractivity contribution in [2.24, 2.45) is 0 Å². The van der Waals surface area contributed by atoms with Crippen LogP contribution in [0.2, 0.25) is 0 Å². The number of nitrogens with zero attached hydrogens (tertiary/aromatic N) is 2. The van der Waals surface area contributed by atoms with Crippen molar-refractivity contribution in [3.63, 3.8) is 0 Å². The minimum Gasteiger partial charge on any atom is -0.507 e. The lowest BCUT2D eigenvalue weighted by Crippen LogP contribution is -2.10. The van der Waals surface area contributed by atoms with Crippen molar-refractivity contribution in [3.8, 4) is 16.9 Å². The number of hydrogen-bond donors (Lipinski definition) is 4. The fourth-order valence-corrected chi connectivity index (χ4v) is 2.98. The summed E-state index contributed by atoms with van der Waals surface area (Å²) < 4.78 is 1.40. The number of para-hydroxylation sites is 1. The molecule has 0 amide bonds. The number of aromatic hydroxyl groups is 1. The highest BCUT2D eigenvalue weighted by molar-refractivity contribution is 5.94. The molecular formula is C17H14N4O3. The van der Waals surface area contributed by atoms with Gasteiger partial charge in [-0.05, 0) is 29.8 Å². The molecule has 0 spiro atoms. The van der Waals surface area contributed by atoms with Crippen LogP contribution < -0.4 is 11.4 Å². The summed E-state index contributed by atoms with van der Waals surface area (Å²) in [5.74, 6) is 0.0194. The second-order valence-corrected chi connectivity index (χ2v) is 5.52. The molecule has 0 atom stereocenters. The first-order valence-electron chi connectivity index (χ1n) is 7.31. The van der Waals surface area contributed by atoms with Gasteiger partial charge in [0.2, 0.25) is 0 Å².